The van der Waals surface area contributed by atoms with Crippen LogP contribution in [0, 0.1) is 0 Å². The van der Waals surface area contributed by atoms with Crippen LogP contribution in [0.2, 0.25) is 0 Å². The zero-order valence-electron chi connectivity index (χ0n) is 15.2. The number of aromatic nitrogens is 3. The van der Waals surface area contributed by atoms with Crippen LogP contribution in [-0.2, 0) is 0 Å². The number of benzene rings is 1. The number of ether oxygens (including phenoxy) is 3. The summed E-state index contributed by atoms with van der Waals surface area (Å²) in [5.41, 5.74) is 2.74. The van der Waals surface area contributed by atoms with Gasteiger partial charge in [-0.05, 0) is 25.0 Å². The van der Waals surface area contributed by atoms with E-state index >= 15 is 0 Å². The zero-order chi connectivity index (χ0) is 18.1. The molecular formula is C19H22N4O3. The van der Waals surface area contributed by atoms with E-state index in [0.717, 1.165) is 35.8 Å². The van der Waals surface area contributed by atoms with E-state index in [-0.39, 0.29) is 0 Å². The molecule has 2 aromatic heterocycles. The maximum atomic E-state index is 5.48. The lowest BCUT2D eigenvalue weighted by molar-refractivity contribution is 0.324. The fourth-order valence-electron chi connectivity index (χ4n) is 3.50. The van der Waals surface area contributed by atoms with Crippen LogP contribution < -0.4 is 19.1 Å². The van der Waals surface area contributed by atoms with Crippen molar-refractivity contribution in [1.29, 1.82) is 0 Å². The van der Waals surface area contributed by atoms with E-state index in [1.54, 1.807) is 21.3 Å². The van der Waals surface area contributed by atoms with Crippen molar-refractivity contribution in [3.05, 3.63) is 30.7 Å². The largest absolute Gasteiger partial charge is 0.493 e. The fourth-order valence-corrected chi connectivity index (χ4v) is 3.50. The lowest BCUT2D eigenvalue weighted by atomic mass is 10.1. The number of hydrogen-bond donors (Lipinski definition) is 0. The van der Waals surface area contributed by atoms with Crippen molar-refractivity contribution in [1.82, 2.24) is 14.4 Å². The molecule has 0 saturated carbocycles. The highest BCUT2D eigenvalue weighted by atomic mass is 16.5. The van der Waals surface area contributed by atoms with Crippen LogP contribution in [0.1, 0.15) is 12.8 Å². The van der Waals surface area contributed by atoms with Gasteiger partial charge >= 0.3 is 0 Å². The molecule has 1 fully saturated rings. The second-order valence-electron chi connectivity index (χ2n) is 6.20. The lowest BCUT2D eigenvalue weighted by Gasteiger charge is -2.17. The Morgan fingerprint density at radius 3 is 2.23 bits per heavy atom. The average molecular weight is 354 g/mol. The van der Waals surface area contributed by atoms with Crippen molar-refractivity contribution in [3.63, 3.8) is 0 Å². The average Bonchev–Trinajstić information content (AvgIpc) is 3.36. The summed E-state index contributed by atoms with van der Waals surface area (Å²) in [4.78, 5) is 11.5. The normalized spacial score (nSPS) is 14.0. The summed E-state index contributed by atoms with van der Waals surface area (Å²) in [6.45, 7) is 2.05. The molecule has 1 aliphatic heterocycles. The molecule has 1 aromatic carbocycles. The molecule has 0 bridgehead atoms. The number of nitrogens with zero attached hydrogens (tertiary/aromatic N) is 4. The molecule has 0 amide bonds. The Bertz CT molecular complexity index is 907. The van der Waals surface area contributed by atoms with Crippen LogP contribution >= 0.6 is 0 Å². The van der Waals surface area contributed by atoms with Gasteiger partial charge in [-0.25, -0.2) is 9.97 Å². The molecule has 0 atom stereocenters. The van der Waals surface area contributed by atoms with Gasteiger partial charge < -0.3 is 19.1 Å². The van der Waals surface area contributed by atoms with Crippen LogP contribution in [0.5, 0.6) is 17.2 Å². The van der Waals surface area contributed by atoms with Gasteiger partial charge in [-0.2, -0.15) is 0 Å². The molecule has 0 N–H and O–H groups in total. The maximum Gasteiger partial charge on any atom is 0.203 e. The van der Waals surface area contributed by atoms with Gasteiger partial charge in [-0.1, -0.05) is 0 Å². The number of hydrogen-bond acceptors (Lipinski definition) is 6. The number of methoxy groups -OCH3 is 3. The molecule has 1 aliphatic rings. The summed E-state index contributed by atoms with van der Waals surface area (Å²) in [5.74, 6) is 2.74. The van der Waals surface area contributed by atoms with Crippen molar-refractivity contribution in [3.8, 4) is 28.5 Å². The van der Waals surface area contributed by atoms with Crippen LogP contribution in [0.25, 0.3) is 16.9 Å². The first-order chi connectivity index (χ1) is 12.8. The minimum Gasteiger partial charge on any atom is -0.493 e. The zero-order valence-corrected chi connectivity index (χ0v) is 15.2. The Morgan fingerprint density at radius 2 is 1.62 bits per heavy atom. The van der Waals surface area contributed by atoms with E-state index in [1.165, 1.54) is 12.8 Å². The molecule has 1 saturated heterocycles. The lowest BCUT2D eigenvalue weighted by Crippen LogP contribution is -2.19. The summed E-state index contributed by atoms with van der Waals surface area (Å²) < 4.78 is 18.4. The Balaban J connectivity index is 1.86. The first-order valence-corrected chi connectivity index (χ1v) is 8.64. The number of imidazole rings is 1. The van der Waals surface area contributed by atoms with Gasteiger partial charge in [-0.15, -0.1) is 0 Å². The van der Waals surface area contributed by atoms with Crippen LogP contribution in [0.4, 0.5) is 5.82 Å². The van der Waals surface area contributed by atoms with E-state index in [1.807, 2.05) is 30.7 Å². The second kappa shape index (κ2) is 6.74. The molecule has 0 aliphatic carbocycles. The monoisotopic (exact) mass is 354 g/mol. The van der Waals surface area contributed by atoms with Crippen molar-refractivity contribution >= 4 is 11.5 Å². The van der Waals surface area contributed by atoms with Crippen LogP contribution in [-0.4, -0.2) is 48.8 Å². The topological polar surface area (TPSA) is 61.1 Å². The van der Waals surface area contributed by atoms with Crippen LogP contribution in [0.3, 0.4) is 0 Å². The van der Waals surface area contributed by atoms with Gasteiger partial charge in [0.15, 0.2) is 23.0 Å². The predicted octanol–water partition coefficient (Wildman–Crippen LogP) is 3.02. The van der Waals surface area contributed by atoms with Crippen molar-refractivity contribution in [2.75, 3.05) is 39.3 Å². The first-order valence-electron chi connectivity index (χ1n) is 8.64. The highest BCUT2D eigenvalue weighted by Gasteiger charge is 2.20. The number of anilines is 1. The van der Waals surface area contributed by atoms with Crippen molar-refractivity contribution < 1.29 is 14.2 Å². The molecule has 4 rings (SSSR count). The van der Waals surface area contributed by atoms with Crippen LogP contribution in [0.15, 0.2) is 30.7 Å². The van der Waals surface area contributed by atoms with Gasteiger partial charge in [0.1, 0.15) is 0 Å². The smallest absolute Gasteiger partial charge is 0.203 e. The molecule has 7 nitrogen and oxygen atoms in total. The number of fused-ring (bicyclic) bond motifs is 1. The minimum atomic E-state index is 0.576. The Kier molecular flexibility index (Phi) is 4.28. The first kappa shape index (κ1) is 16.5. The summed E-state index contributed by atoms with van der Waals surface area (Å²) in [6.07, 6.45) is 8.01. The number of rotatable bonds is 5. The molecule has 0 radical (unpaired) electrons. The Labute approximate surface area is 152 Å². The summed E-state index contributed by atoms with van der Waals surface area (Å²) in [7, 11) is 4.83. The summed E-state index contributed by atoms with van der Waals surface area (Å²) in [6, 6.07) is 3.86. The van der Waals surface area contributed by atoms with E-state index in [9.17, 15) is 0 Å². The molecule has 26 heavy (non-hydrogen) atoms. The molecule has 3 aromatic rings. The molecular weight excluding hydrogens is 332 g/mol. The van der Waals surface area contributed by atoms with Gasteiger partial charge in [-0.3, -0.25) is 4.40 Å². The highest BCUT2D eigenvalue weighted by Crippen LogP contribution is 2.41. The van der Waals surface area contributed by atoms with E-state index in [4.69, 9.17) is 14.2 Å². The van der Waals surface area contributed by atoms with Gasteiger partial charge in [0.05, 0.1) is 33.2 Å². The third kappa shape index (κ3) is 2.60. The highest BCUT2D eigenvalue weighted by molar-refractivity contribution is 5.74. The quantitative estimate of drug-likeness (QED) is 0.702. The Morgan fingerprint density at radius 1 is 0.923 bits per heavy atom. The van der Waals surface area contributed by atoms with Crippen molar-refractivity contribution in [2.45, 2.75) is 12.8 Å². The summed E-state index contributed by atoms with van der Waals surface area (Å²) in [5, 5.41) is 0. The summed E-state index contributed by atoms with van der Waals surface area (Å²) >= 11 is 0. The van der Waals surface area contributed by atoms with Gasteiger partial charge in [0.2, 0.25) is 5.75 Å². The van der Waals surface area contributed by atoms with Gasteiger partial charge in [0.25, 0.3) is 0 Å². The molecule has 0 unspecified atom stereocenters. The standard InChI is InChI=1S/C19H22N4O3/c1-24-15-10-13(11-16(25-2)17(15)26-3)14-12-21-19-18(20-6-9-23(14)19)22-7-4-5-8-22/h6,9-12H,4-5,7-8H2,1-3H3. The van der Waals surface area contributed by atoms with E-state index < -0.39 is 0 Å². The SMILES string of the molecule is COc1cc(-c2cnc3c(N4CCCC4)nccn23)cc(OC)c1OC. The van der Waals surface area contributed by atoms with E-state index in [0.29, 0.717) is 17.2 Å². The second-order valence-corrected chi connectivity index (χ2v) is 6.20. The molecule has 7 heteroatoms. The fraction of sp³-hybridized carbons (Fsp3) is 0.368. The third-order valence-electron chi connectivity index (χ3n) is 4.78. The predicted molar refractivity (Wildman–Crippen MR) is 99.5 cm³/mol. The van der Waals surface area contributed by atoms with E-state index in [2.05, 4.69) is 19.3 Å². The van der Waals surface area contributed by atoms with Gasteiger partial charge in [0, 0.05) is 31.0 Å². The maximum absolute atomic E-state index is 5.48. The molecule has 3 heterocycles. The third-order valence-corrected chi connectivity index (χ3v) is 4.78. The van der Waals surface area contributed by atoms with Crippen molar-refractivity contribution in [2.24, 2.45) is 0 Å². The molecule has 136 valence electrons. The molecule has 0 spiro atoms. The minimum absolute atomic E-state index is 0.576. The Hall–Kier alpha value is -2.96.